The molecule has 0 radical (unpaired) electrons. The van der Waals surface area contributed by atoms with Crippen LogP contribution in [0.2, 0.25) is 0 Å². The average molecular weight is 248 g/mol. The van der Waals surface area contributed by atoms with Gasteiger partial charge in [-0.15, -0.1) is 21.8 Å². The van der Waals surface area contributed by atoms with E-state index in [2.05, 4.69) is 15.2 Å². The molecule has 0 saturated heterocycles. The summed E-state index contributed by atoms with van der Waals surface area (Å²) in [6, 6.07) is 10.0. The Balaban J connectivity index is 2.01. The summed E-state index contributed by atoms with van der Waals surface area (Å²) in [4.78, 5) is 3.24. The van der Waals surface area contributed by atoms with Gasteiger partial charge < -0.3 is 9.40 Å². The van der Waals surface area contributed by atoms with Crippen molar-refractivity contribution in [3.63, 3.8) is 0 Å². The highest BCUT2D eigenvalue weighted by atomic mass is 35.5. The molecule has 1 aromatic carbocycles. The fraction of sp³-hybridized carbons (Fsp3) is 0.167. The molecule has 0 amide bonds. The molecular weight excluding hydrogens is 238 g/mol. The van der Waals surface area contributed by atoms with Crippen LogP contribution in [0.4, 0.5) is 0 Å². The number of nitrogens with one attached hydrogen (secondary N) is 1. The van der Waals surface area contributed by atoms with Crippen LogP contribution in [0.3, 0.4) is 0 Å². The van der Waals surface area contributed by atoms with Gasteiger partial charge in [0, 0.05) is 23.2 Å². The van der Waals surface area contributed by atoms with Crippen molar-refractivity contribution in [2.24, 2.45) is 0 Å². The molecule has 0 saturated carbocycles. The number of aryl methyl sites for hydroxylation is 1. The van der Waals surface area contributed by atoms with E-state index in [4.69, 9.17) is 16.0 Å². The Bertz CT molecular complexity index is 611. The Labute approximate surface area is 103 Å². The maximum absolute atomic E-state index is 5.62. The second-order valence-electron chi connectivity index (χ2n) is 3.71. The van der Waals surface area contributed by atoms with Gasteiger partial charge in [-0.25, -0.2) is 0 Å². The largest absolute Gasteiger partial charge is 0.419 e. The van der Waals surface area contributed by atoms with Crippen molar-refractivity contribution in [3.05, 3.63) is 36.2 Å². The van der Waals surface area contributed by atoms with Crippen LogP contribution in [0.1, 0.15) is 5.89 Å². The molecular formula is C12H10ClN3O. The Morgan fingerprint density at radius 1 is 1.24 bits per heavy atom. The van der Waals surface area contributed by atoms with E-state index in [9.17, 15) is 0 Å². The maximum Gasteiger partial charge on any atom is 0.264 e. The van der Waals surface area contributed by atoms with Crippen molar-refractivity contribution >= 4 is 22.5 Å². The van der Waals surface area contributed by atoms with E-state index in [-0.39, 0.29) is 0 Å². The number of aromatic amines is 1. The van der Waals surface area contributed by atoms with Crippen LogP contribution in [0.15, 0.2) is 34.7 Å². The van der Waals surface area contributed by atoms with Gasteiger partial charge in [0.2, 0.25) is 5.89 Å². The van der Waals surface area contributed by atoms with Crippen molar-refractivity contribution in [2.45, 2.75) is 6.42 Å². The number of aromatic nitrogens is 3. The third-order valence-electron chi connectivity index (χ3n) is 2.54. The Morgan fingerprint density at radius 2 is 2.12 bits per heavy atom. The van der Waals surface area contributed by atoms with Crippen LogP contribution in [0.25, 0.3) is 22.5 Å². The van der Waals surface area contributed by atoms with E-state index >= 15 is 0 Å². The van der Waals surface area contributed by atoms with Crippen LogP contribution >= 0.6 is 11.6 Å². The molecule has 3 rings (SSSR count). The van der Waals surface area contributed by atoms with Crippen LogP contribution in [-0.2, 0) is 6.42 Å². The minimum Gasteiger partial charge on any atom is -0.419 e. The number of halogens is 1. The lowest BCUT2D eigenvalue weighted by Crippen LogP contribution is -1.84. The second-order valence-corrected chi connectivity index (χ2v) is 4.09. The van der Waals surface area contributed by atoms with Crippen molar-refractivity contribution in [2.75, 3.05) is 5.88 Å². The first-order valence-corrected chi connectivity index (χ1v) is 5.87. The Morgan fingerprint density at radius 3 is 2.94 bits per heavy atom. The molecule has 86 valence electrons. The highest BCUT2D eigenvalue weighted by Gasteiger charge is 2.10. The zero-order valence-corrected chi connectivity index (χ0v) is 9.74. The fourth-order valence-electron chi connectivity index (χ4n) is 1.73. The summed E-state index contributed by atoms with van der Waals surface area (Å²) in [6.07, 6.45) is 0.592. The fourth-order valence-corrected chi connectivity index (χ4v) is 1.89. The van der Waals surface area contributed by atoms with E-state index in [0.717, 1.165) is 16.6 Å². The van der Waals surface area contributed by atoms with Gasteiger partial charge in [-0.3, -0.25) is 0 Å². The van der Waals surface area contributed by atoms with Crippen LogP contribution in [0, 0.1) is 0 Å². The second kappa shape index (κ2) is 4.22. The predicted molar refractivity (Wildman–Crippen MR) is 66.0 cm³/mol. The van der Waals surface area contributed by atoms with E-state index in [0.29, 0.717) is 24.1 Å². The minimum atomic E-state index is 0.480. The van der Waals surface area contributed by atoms with Crippen molar-refractivity contribution in [1.82, 2.24) is 15.2 Å². The Kier molecular flexibility index (Phi) is 2.57. The van der Waals surface area contributed by atoms with E-state index in [1.807, 2.05) is 30.3 Å². The summed E-state index contributed by atoms with van der Waals surface area (Å²) in [6.45, 7) is 0. The summed E-state index contributed by atoms with van der Waals surface area (Å²) < 4.78 is 5.50. The highest BCUT2D eigenvalue weighted by Crippen LogP contribution is 2.22. The van der Waals surface area contributed by atoms with Crippen LogP contribution < -0.4 is 0 Å². The lowest BCUT2D eigenvalue weighted by atomic mass is 10.2. The molecule has 1 N–H and O–H groups in total. The number of para-hydroxylation sites is 1. The Hall–Kier alpha value is -1.81. The number of benzene rings is 1. The van der Waals surface area contributed by atoms with E-state index in [1.165, 1.54) is 0 Å². The number of hydrogen-bond donors (Lipinski definition) is 1. The monoisotopic (exact) mass is 247 g/mol. The number of nitrogens with zero attached hydrogens (tertiary/aromatic N) is 2. The third kappa shape index (κ3) is 1.91. The van der Waals surface area contributed by atoms with Gasteiger partial charge in [0.15, 0.2) is 0 Å². The third-order valence-corrected chi connectivity index (χ3v) is 2.72. The number of fused-ring (bicyclic) bond motifs is 1. The maximum atomic E-state index is 5.62. The average Bonchev–Trinajstić information content (AvgIpc) is 2.94. The van der Waals surface area contributed by atoms with Gasteiger partial charge in [0.25, 0.3) is 5.89 Å². The lowest BCUT2D eigenvalue weighted by molar-refractivity contribution is 0.512. The molecule has 3 aromatic rings. The number of H-pyrrole nitrogens is 1. The summed E-state index contributed by atoms with van der Waals surface area (Å²) in [5, 5.41) is 9.05. The highest BCUT2D eigenvalue weighted by molar-refractivity contribution is 6.17. The SMILES string of the molecule is ClCCc1nnc(-c2cc3ccccc3[nH]2)o1. The molecule has 0 aliphatic heterocycles. The zero-order valence-electron chi connectivity index (χ0n) is 8.98. The number of hydrogen-bond acceptors (Lipinski definition) is 3. The van der Waals surface area contributed by atoms with Crippen molar-refractivity contribution in [3.8, 4) is 11.6 Å². The minimum absolute atomic E-state index is 0.480. The van der Waals surface area contributed by atoms with Gasteiger partial charge in [-0.2, -0.15) is 0 Å². The number of rotatable bonds is 3. The van der Waals surface area contributed by atoms with E-state index in [1.54, 1.807) is 0 Å². The predicted octanol–water partition coefficient (Wildman–Crippen LogP) is 3.00. The van der Waals surface area contributed by atoms with Gasteiger partial charge >= 0.3 is 0 Å². The van der Waals surface area contributed by atoms with Crippen molar-refractivity contribution in [1.29, 1.82) is 0 Å². The molecule has 2 aromatic heterocycles. The van der Waals surface area contributed by atoms with Gasteiger partial charge in [-0.05, 0) is 12.1 Å². The molecule has 0 fully saturated rings. The topological polar surface area (TPSA) is 54.7 Å². The molecule has 5 heteroatoms. The van der Waals surface area contributed by atoms with Crippen LogP contribution in [0.5, 0.6) is 0 Å². The molecule has 0 spiro atoms. The number of alkyl halides is 1. The normalized spacial score (nSPS) is 11.1. The molecule has 0 aliphatic rings. The first-order chi connectivity index (χ1) is 8.36. The first-order valence-electron chi connectivity index (χ1n) is 5.33. The summed E-state index contributed by atoms with van der Waals surface area (Å²) >= 11 is 5.62. The molecule has 4 nitrogen and oxygen atoms in total. The standard InChI is InChI=1S/C12H10ClN3O/c13-6-5-11-15-16-12(17-11)10-7-8-3-1-2-4-9(8)14-10/h1-4,7,14H,5-6H2. The molecule has 0 atom stereocenters. The van der Waals surface area contributed by atoms with Gasteiger partial charge in [0.1, 0.15) is 5.69 Å². The van der Waals surface area contributed by atoms with E-state index < -0.39 is 0 Å². The smallest absolute Gasteiger partial charge is 0.264 e. The van der Waals surface area contributed by atoms with Crippen molar-refractivity contribution < 1.29 is 4.42 Å². The summed E-state index contributed by atoms with van der Waals surface area (Å²) in [5.74, 6) is 1.55. The summed E-state index contributed by atoms with van der Waals surface area (Å²) in [7, 11) is 0. The molecule has 0 bridgehead atoms. The molecule has 2 heterocycles. The first kappa shape index (κ1) is 10.4. The molecule has 0 unspecified atom stereocenters. The molecule has 17 heavy (non-hydrogen) atoms. The van der Waals surface area contributed by atoms with Gasteiger partial charge in [-0.1, -0.05) is 18.2 Å². The van der Waals surface area contributed by atoms with Crippen LogP contribution in [-0.4, -0.2) is 21.1 Å². The quantitative estimate of drug-likeness (QED) is 0.724. The summed E-state index contributed by atoms with van der Waals surface area (Å²) in [5.41, 5.74) is 1.89. The zero-order chi connectivity index (χ0) is 11.7. The lowest BCUT2D eigenvalue weighted by Gasteiger charge is -1.87. The molecule has 0 aliphatic carbocycles. The van der Waals surface area contributed by atoms with Gasteiger partial charge in [0.05, 0.1) is 0 Å².